The fourth-order valence-corrected chi connectivity index (χ4v) is 12.9. The van der Waals surface area contributed by atoms with Crippen LogP contribution in [0.5, 0.6) is 0 Å². The van der Waals surface area contributed by atoms with Crippen molar-refractivity contribution in [2.75, 3.05) is 6.54 Å². The third kappa shape index (κ3) is 10.2. The molecule has 7 rings (SSSR count). The number of aryl methyl sites for hydroxylation is 1. The molecule has 4 aliphatic carbocycles. The fraction of sp³-hybridized carbons (Fsp3) is 0.648. The lowest BCUT2D eigenvalue weighted by Crippen LogP contribution is -2.46. The number of Topliss-reactive ketones (excluding diaryl/α,β-unsaturated/α-hetero) is 5. The summed E-state index contributed by atoms with van der Waals surface area (Å²) in [5.74, 6) is -0.794. The summed E-state index contributed by atoms with van der Waals surface area (Å²) in [5.41, 5.74) is 4.73. The Bertz CT molecular complexity index is 2110. The van der Waals surface area contributed by atoms with E-state index < -0.39 is 23.8 Å². The molecule has 10 nitrogen and oxygen atoms in total. The number of carbonyl (C=O) groups excluding carboxylic acids is 5. The fourth-order valence-electron chi connectivity index (χ4n) is 12.9. The summed E-state index contributed by atoms with van der Waals surface area (Å²) in [4.78, 5) is 92.4. The SMILES string of the molecule is C=C(CC(CCC(=O)CC(CCCCCCC1=C(C)C(=O)C2=C(C1=O)[C@@H](CCC(C)=O)C1(C)C3CC3CN21)C(=O)O)C(=O)O)c1ccc(CCC2CCC3CC(C)CC(=O)C3C2)cc1. The van der Waals surface area contributed by atoms with Crippen LogP contribution >= 0.6 is 0 Å². The molecule has 2 N–H and O–H groups in total. The van der Waals surface area contributed by atoms with Crippen molar-refractivity contribution in [1.29, 1.82) is 0 Å². The number of rotatable bonds is 23. The number of carboxylic acid groups (broad SMARTS) is 2. The van der Waals surface area contributed by atoms with E-state index in [4.69, 9.17) is 0 Å². The maximum absolute atomic E-state index is 14.1. The highest BCUT2D eigenvalue weighted by molar-refractivity contribution is 6.25. The summed E-state index contributed by atoms with van der Waals surface area (Å²) in [6, 6.07) is 8.12. The Morgan fingerprint density at radius 1 is 0.828 bits per heavy atom. The molecule has 0 aromatic heterocycles. The molecule has 3 saturated carbocycles. The molecular weight excluding hydrogens is 807 g/mol. The highest BCUT2D eigenvalue weighted by Gasteiger charge is 2.68. The number of piperidine rings is 1. The number of carbonyl (C=O) groups is 7. The van der Waals surface area contributed by atoms with Crippen molar-refractivity contribution in [3.8, 4) is 0 Å². The molecule has 9 unspecified atom stereocenters. The number of nitrogens with zero attached hydrogens (tertiary/aromatic N) is 1. The monoisotopic (exact) mass is 878 g/mol. The van der Waals surface area contributed by atoms with Gasteiger partial charge in [-0.3, -0.25) is 28.8 Å². The van der Waals surface area contributed by atoms with E-state index >= 15 is 0 Å². The van der Waals surface area contributed by atoms with Gasteiger partial charge in [0.25, 0.3) is 0 Å². The van der Waals surface area contributed by atoms with Gasteiger partial charge in [0.1, 0.15) is 17.3 Å². The highest BCUT2D eigenvalue weighted by Crippen LogP contribution is 2.65. The van der Waals surface area contributed by atoms with Crippen molar-refractivity contribution in [2.45, 2.75) is 162 Å². The zero-order chi connectivity index (χ0) is 46.0. The number of hydrogen-bond donors (Lipinski definition) is 2. The van der Waals surface area contributed by atoms with Crippen molar-refractivity contribution in [3.63, 3.8) is 0 Å². The van der Waals surface area contributed by atoms with Crippen LogP contribution in [-0.2, 0) is 40.0 Å². The van der Waals surface area contributed by atoms with Gasteiger partial charge in [-0.25, -0.2) is 0 Å². The molecule has 64 heavy (non-hydrogen) atoms. The van der Waals surface area contributed by atoms with Crippen molar-refractivity contribution in [1.82, 2.24) is 4.90 Å². The van der Waals surface area contributed by atoms with E-state index in [1.54, 1.807) is 13.8 Å². The maximum atomic E-state index is 14.1. The average Bonchev–Trinajstić information content (AvgIpc) is 3.91. The van der Waals surface area contributed by atoms with Gasteiger partial charge in [-0.2, -0.15) is 0 Å². The van der Waals surface area contributed by atoms with Gasteiger partial charge in [-0.1, -0.05) is 63.5 Å². The smallest absolute Gasteiger partial charge is 0.306 e. The largest absolute Gasteiger partial charge is 0.481 e. The van der Waals surface area contributed by atoms with Gasteiger partial charge >= 0.3 is 11.9 Å². The molecule has 0 bridgehead atoms. The lowest BCUT2D eigenvalue weighted by molar-refractivity contribution is -0.145. The number of ketones is 5. The quantitative estimate of drug-likeness (QED) is 0.0799. The molecule has 0 radical (unpaired) electrons. The van der Waals surface area contributed by atoms with E-state index in [9.17, 15) is 43.8 Å². The number of unbranched alkanes of at least 4 members (excludes halogenated alkanes) is 3. The van der Waals surface area contributed by atoms with E-state index in [-0.39, 0.29) is 66.2 Å². The zero-order valence-electron chi connectivity index (χ0n) is 38.8. The second kappa shape index (κ2) is 20.0. The number of hydrogen-bond acceptors (Lipinski definition) is 8. The number of carboxylic acids is 2. The molecule has 10 atom stereocenters. The molecule has 10 heteroatoms. The van der Waals surface area contributed by atoms with Gasteiger partial charge in [0.05, 0.1) is 17.5 Å². The normalized spacial score (nSPS) is 29.2. The van der Waals surface area contributed by atoms with Gasteiger partial charge in [0.2, 0.25) is 5.78 Å². The van der Waals surface area contributed by atoms with Gasteiger partial charge in [0, 0.05) is 66.3 Å². The second-order valence-electron chi connectivity index (χ2n) is 21.2. The van der Waals surface area contributed by atoms with Crippen LogP contribution in [0, 0.1) is 53.3 Å². The van der Waals surface area contributed by atoms with Crippen LogP contribution in [0.3, 0.4) is 0 Å². The average molecular weight is 878 g/mol. The number of fused-ring (bicyclic) bond motifs is 5. The number of benzene rings is 1. The summed E-state index contributed by atoms with van der Waals surface area (Å²) >= 11 is 0. The molecule has 6 aliphatic rings. The predicted molar refractivity (Wildman–Crippen MR) is 245 cm³/mol. The molecule has 1 aromatic carbocycles. The maximum Gasteiger partial charge on any atom is 0.306 e. The van der Waals surface area contributed by atoms with Gasteiger partial charge in [0.15, 0.2) is 5.78 Å². The van der Waals surface area contributed by atoms with Crippen molar-refractivity contribution in [3.05, 3.63) is 64.4 Å². The molecule has 346 valence electrons. The van der Waals surface area contributed by atoms with Crippen LogP contribution in [0.1, 0.15) is 161 Å². The van der Waals surface area contributed by atoms with Crippen LogP contribution in [-0.4, -0.2) is 68.1 Å². The minimum absolute atomic E-state index is 0.0204. The second-order valence-corrected chi connectivity index (χ2v) is 21.2. The molecule has 0 spiro atoms. The van der Waals surface area contributed by atoms with Crippen LogP contribution in [0.4, 0.5) is 0 Å². The van der Waals surface area contributed by atoms with Gasteiger partial charge < -0.3 is 19.9 Å². The summed E-state index contributed by atoms with van der Waals surface area (Å²) in [6.07, 6.45) is 12.9. The standard InChI is InChI=1S/C54H71NO9/c1-31-24-38-20-17-36(27-44(38)47(58)25-31)14-13-35-15-18-37(19-16-35)32(2)26-40(53(63)64)21-22-42(57)28-39(52(61)62)10-8-6-7-9-11-43-34(4)50(59)49-48(51(43)60)45(23-12-33(3)56)54(5)46-29-41(46)30-55(49)54/h15-16,18-19,31,36,38-41,44-46H,2,6-14,17,20-30H2,1,3-5H3,(H,61,62)(H,63,64)/t31?,36?,38?,39?,40?,41?,44?,45-,46?,54?/m1/s1. The van der Waals surface area contributed by atoms with Crippen LogP contribution in [0.2, 0.25) is 0 Å². The minimum atomic E-state index is -1.04. The van der Waals surface area contributed by atoms with Gasteiger partial charge in [-0.15, -0.1) is 0 Å². The van der Waals surface area contributed by atoms with E-state index in [1.807, 2.05) is 12.1 Å². The number of allylic oxidation sites excluding steroid dienone is 3. The minimum Gasteiger partial charge on any atom is -0.481 e. The lowest BCUT2D eigenvalue weighted by atomic mass is 9.64. The van der Waals surface area contributed by atoms with Crippen LogP contribution in [0.15, 0.2) is 53.3 Å². The Balaban J connectivity index is 0.817. The van der Waals surface area contributed by atoms with Gasteiger partial charge in [-0.05, 0) is 144 Å². The predicted octanol–water partition coefficient (Wildman–Crippen LogP) is 9.97. The van der Waals surface area contributed by atoms with E-state index in [0.717, 1.165) is 57.1 Å². The molecule has 2 aliphatic heterocycles. The molecule has 2 heterocycles. The van der Waals surface area contributed by atoms with Crippen molar-refractivity contribution >= 4 is 46.4 Å². The van der Waals surface area contributed by atoms with Crippen molar-refractivity contribution in [2.24, 2.45) is 53.3 Å². The molecule has 1 aromatic rings. The Labute approximate surface area is 379 Å². The first-order valence-corrected chi connectivity index (χ1v) is 24.5. The topological polar surface area (TPSA) is 163 Å². The van der Waals surface area contributed by atoms with E-state index in [1.165, 1.54) is 18.4 Å². The highest BCUT2D eigenvalue weighted by atomic mass is 16.4. The van der Waals surface area contributed by atoms with Crippen molar-refractivity contribution < 1.29 is 43.8 Å². The molecule has 1 saturated heterocycles. The first-order chi connectivity index (χ1) is 30.5. The van der Waals surface area contributed by atoms with E-state index in [0.29, 0.717) is 108 Å². The number of aliphatic carboxylic acids is 2. The summed E-state index contributed by atoms with van der Waals surface area (Å²) in [5, 5.41) is 20.0. The Hall–Kier alpha value is -4.47. The third-order valence-electron chi connectivity index (χ3n) is 16.7. The Kier molecular flexibility index (Phi) is 14.8. The Morgan fingerprint density at radius 3 is 2.23 bits per heavy atom. The summed E-state index contributed by atoms with van der Waals surface area (Å²) in [6.45, 7) is 12.7. The molecule has 4 fully saturated rings. The molecular formula is C54H71NO9. The van der Waals surface area contributed by atoms with E-state index in [2.05, 4.69) is 37.5 Å². The zero-order valence-corrected chi connectivity index (χ0v) is 38.8. The first kappa shape index (κ1) is 47.5. The summed E-state index contributed by atoms with van der Waals surface area (Å²) < 4.78 is 0. The molecule has 0 amide bonds. The summed E-state index contributed by atoms with van der Waals surface area (Å²) in [7, 11) is 0. The lowest BCUT2D eigenvalue weighted by Gasteiger charge is -2.40. The third-order valence-corrected chi connectivity index (χ3v) is 16.7. The van der Waals surface area contributed by atoms with Crippen LogP contribution < -0.4 is 0 Å². The Morgan fingerprint density at radius 2 is 1.53 bits per heavy atom. The van der Waals surface area contributed by atoms with Crippen LogP contribution in [0.25, 0.3) is 5.57 Å². The first-order valence-electron chi connectivity index (χ1n) is 24.5.